The monoisotopic (exact) mass is 766 g/mol. The van der Waals surface area contributed by atoms with Crippen LogP contribution in [0, 0.1) is 0 Å². The number of furan rings is 1. The van der Waals surface area contributed by atoms with Gasteiger partial charge in [-0.1, -0.05) is 170 Å². The maximum absolute atomic E-state index is 7.06. The summed E-state index contributed by atoms with van der Waals surface area (Å²) in [4.78, 5) is 15.2. The summed E-state index contributed by atoms with van der Waals surface area (Å²) in [5.41, 5.74) is 13.6. The molecule has 0 N–H and O–H groups in total. The first kappa shape index (κ1) is 33.9. The number of hydrogen-bond donors (Lipinski definition) is 0. The van der Waals surface area contributed by atoms with Gasteiger partial charge < -0.3 is 4.42 Å². The van der Waals surface area contributed by atoms with Crippen molar-refractivity contribution >= 4 is 54.6 Å². The smallest absolute Gasteiger partial charge is 0.213 e. The molecule has 8 aromatic carbocycles. The van der Waals surface area contributed by atoms with Crippen molar-refractivity contribution in [2.24, 2.45) is 0 Å². The third-order valence-corrected chi connectivity index (χ3v) is 11.6. The number of hydrogen-bond acceptors (Lipinski definition) is 4. The first-order valence-electron chi connectivity index (χ1n) is 20.2. The van der Waals surface area contributed by atoms with E-state index in [4.69, 9.17) is 19.4 Å². The number of aromatic nitrogens is 4. The Hall–Kier alpha value is -8.15. The number of nitrogens with zero attached hydrogens (tertiary/aromatic N) is 4. The molecule has 60 heavy (non-hydrogen) atoms. The Labute approximate surface area is 345 Å². The van der Waals surface area contributed by atoms with Crippen molar-refractivity contribution in [3.63, 3.8) is 0 Å². The first-order valence-corrected chi connectivity index (χ1v) is 20.2. The maximum Gasteiger partial charge on any atom is 0.213 e. The summed E-state index contributed by atoms with van der Waals surface area (Å²) < 4.78 is 9.31. The zero-order chi connectivity index (χ0) is 39.6. The number of rotatable bonds is 6. The number of pyridine rings is 1. The van der Waals surface area contributed by atoms with Gasteiger partial charge in [0.25, 0.3) is 0 Å². The highest BCUT2D eigenvalue weighted by molar-refractivity contribution is 6.28. The highest BCUT2D eigenvalue weighted by atomic mass is 16.3. The van der Waals surface area contributed by atoms with Gasteiger partial charge in [0.15, 0.2) is 11.4 Å². The second-order valence-corrected chi connectivity index (χ2v) is 15.2. The van der Waals surface area contributed by atoms with Crippen molar-refractivity contribution < 1.29 is 4.42 Å². The van der Waals surface area contributed by atoms with Crippen LogP contribution in [0.25, 0.3) is 117 Å². The second kappa shape index (κ2) is 13.8. The molecule has 280 valence electrons. The Morgan fingerprint density at radius 2 is 0.950 bits per heavy atom. The molecule has 0 aliphatic rings. The van der Waals surface area contributed by atoms with E-state index >= 15 is 0 Å². The Bertz CT molecular complexity index is 3510. The van der Waals surface area contributed by atoms with E-state index in [1.54, 1.807) is 0 Å². The molecular weight excluding hydrogens is 733 g/mol. The van der Waals surface area contributed by atoms with Gasteiger partial charge in [0.2, 0.25) is 5.71 Å². The van der Waals surface area contributed by atoms with Crippen molar-refractivity contribution in [2.75, 3.05) is 0 Å². The predicted octanol–water partition coefficient (Wildman–Crippen LogP) is 14.4. The summed E-state index contributed by atoms with van der Waals surface area (Å²) in [5, 5.41) is 6.76. The highest BCUT2D eigenvalue weighted by Crippen LogP contribution is 2.45. The van der Waals surface area contributed by atoms with Crippen LogP contribution in [-0.4, -0.2) is 19.5 Å². The fourth-order valence-corrected chi connectivity index (χ4v) is 8.69. The lowest BCUT2D eigenvalue weighted by molar-refractivity contribution is 0.645. The van der Waals surface area contributed by atoms with Crippen LogP contribution in [0.15, 0.2) is 211 Å². The molecule has 0 spiro atoms. The minimum atomic E-state index is 0.706. The normalized spacial score (nSPS) is 11.7. The summed E-state index contributed by atoms with van der Waals surface area (Å²) in [6.07, 6.45) is 0. The molecule has 12 rings (SSSR count). The van der Waals surface area contributed by atoms with E-state index in [1.807, 2.05) is 36.4 Å². The summed E-state index contributed by atoms with van der Waals surface area (Å²) in [5.74, 6) is 0.706. The van der Waals surface area contributed by atoms with Gasteiger partial charge in [-0.25, -0.2) is 15.0 Å². The SMILES string of the molecule is c1ccc(-c2cc(-c3ccc(-c4ccc(-n5c6ccccc6c6c7c(oc65)c(-c5ccc6ccccc6c5)nc5ccccc57)cc4)cc3)nc(-c3ccccc3)n2)cc1. The molecular formula is C55H34N4O. The summed E-state index contributed by atoms with van der Waals surface area (Å²) in [7, 11) is 0. The zero-order valence-corrected chi connectivity index (χ0v) is 32.3. The number of fused-ring (bicyclic) bond motifs is 8. The van der Waals surface area contributed by atoms with Crippen LogP contribution in [0.4, 0.5) is 0 Å². The first-order chi connectivity index (χ1) is 29.7. The average molecular weight is 767 g/mol. The summed E-state index contributed by atoms with van der Waals surface area (Å²) in [6.45, 7) is 0. The van der Waals surface area contributed by atoms with E-state index in [0.29, 0.717) is 5.82 Å². The lowest BCUT2D eigenvalue weighted by Crippen LogP contribution is -1.96. The molecule has 0 radical (unpaired) electrons. The quantitative estimate of drug-likeness (QED) is 0.169. The van der Waals surface area contributed by atoms with Crippen molar-refractivity contribution in [3.05, 3.63) is 206 Å². The van der Waals surface area contributed by atoms with E-state index in [-0.39, 0.29) is 0 Å². The number of para-hydroxylation sites is 2. The second-order valence-electron chi connectivity index (χ2n) is 15.2. The van der Waals surface area contributed by atoms with E-state index in [2.05, 4.69) is 174 Å². The van der Waals surface area contributed by atoms with Crippen molar-refractivity contribution in [1.82, 2.24) is 19.5 Å². The molecule has 0 amide bonds. The third-order valence-electron chi connectivity index (χ3n) is 11.6. The third kappa shape index (κ3) is 5.59. The van der Waals surface area contributed by atoms with Gasteiger partial charge in [-0.15, -0.1) is 0 Å². The highest BCUT2D eigenvalue weighted by Gasteiger charge is 2.24. The zero-order valence-electron chi connectivity index (χ0n) is 32.3. The van der Waals surface area contributed by atoms with Crippen LogP contribution in [0.5, 0.6) is 0 Å². The number of benzene rings is 8. The molecule has 0 unspecified atom stereocenters. The van der Waals surface area contributed by atoms with Gasteiger partial charge >= 0.3 is 0 Å². The van der Waals surface area contributed by atoms with Gasteiger partial charge in [-0.3, -0.25) is 4.57 Å². The fourth-order valence-electron chi connectivity index (χ4n) is 8.69. The van der Waals surface area contributed by atoms with Crippen LogP contribution < -0.4 is 0 Å². The van der Waals surface area contributed by atoms with Gasteiger partial charge in [0.05, 0.1) is 27.8 Å². The topological polar surface area (TPSA) is 56.7 Å². The molecule has 0 aliphatic carbocycles. The largest absolute Gasteiger partial charge is 0.437 e. The van der Waals surface area contributed by atoms with Crippen molar-refractivity contribution in [1.29, 1.82) is 0 Å². The molecule has 4 aromatic heterocycles. The van der Waals surface area contributed by atoms with Gasteiger partial charge in [-0.05, 0) is 58.3 Å². The molecule has 0 saturated carbocycles. The van der Waals surface area contributed by atoms with E-state index in [9.17, 15) is 0 Å². The van der Waals surface area contributed by atoms with Gasteiger partial charge in [-0.2, -0.15) is 0 Å². The average Bonchev–Trinajstić information content (AvgIpc) is 3.87. The molecule has 0 atom stereocenters. The molecule has 4 heterocycles. The summed E-state index contributed by atoms with van der Waals surface area (Å²) >= 11 is 0. The van der Waals surface area contributed by atoms with E-state index in [0.717, 1.165) is 100 Å². The molecule has 12 aromatic rings. The molecule has 0 saturated heterocycles. The van der Waals surface area contributed by atoms with E-state index in [1.165, 1.54) is 10.8 Å². The van der Waals surface area contributed by atoms with E-state index < -0.39 is 0 Å². The molecule has 5 heteroatoms. The van der Waals surface area contributed by atoms with Gasteiger partial charge in [0, 0.05) is 44.1 Å². The minimum Gasteiger partial charge on any atom is -0.437 e. The van der Waals surface area contributed by atoms with Crippen LogP contribution in [-0.2, 0) is 0 Å². The Morgan fingerprint density at radius 3 is 1.70 bits per heavy atom. The lowest BCUT2D eigenvalue weighted by Gasteiger charge is -2.11. The van der Waals surface area contributed by atoms with Crippen molar-refractivity contribution in [2.45, 2.75) is 0 Å². The molecule has 0 aliphatic heterocycles. The van der Waals surface area contributed by atoms with Crippen LogP contribution in [0.1, 0.15) is 0 Å². The van der Waals surface area contributed by atoms with Crippen LogP contribution in [0.3, 0.4) is 0 Å². The Balaban J connectivity index is 0.955. The molecule has 0 bridgehead atoms. The maximum atomic E-state index is 7.06. The minimum absolute atomic E-state index is 0.706. The molecule has 5 nitrogen and oxygen atoms in total. The Morgan fingerprint density at radius 1 is 0.383 bits per heavy atom. The standard InChI is InChI=1S/C55H34N4O/c1-3-14-38(15-4-1)47-34-48(58-54(57-47)40-16-5-2-6-17-40)39-26-23-36(24-27-39)37-29-31-43(32-30-37)59-49-22-12-10-20-45(49)51-50-44-19-9-11-21-46(44)56-52(53(50)60-55(51)59)42-28-25-35-13-7-8-18-41(35)33-42/h1-34H. The summed E-state index contributed by atoms with van der Waals surface area (Å²) in [6, 6.07) is 71.9. The van der Waals surface area contributed by atoms with Crippen molar-refractivity contribution in [3.8, 4) is 62.0 Å². The predicted molar refractivity (Wildman–Crippen MR) is 246 cm³/mol. The van der Waals surface area contributed by atoms with Gasteiger partial charge in [0.1, 0.15) is 5.69 Å². The fraction of sp³-hybridized carbons (Fsp3) is 0. The molecule has 0 fully saturated rings. The van der Waals surface area contributed by atoms with Crippen LogP contribution in [0.2, 0.25) is 0 Å². The Kier molecular flexibility index (Phi) is 7.78. The van der Waals surface area contributed by atoms with Crippen LogP contribution >= 0.6 is 0 Å². The lowest BCUT2D eigenvalue weighted by atomic mass is 10.0.